The third kappa shape index (κ3) is 4.33. The van der Waals surface area contributed by atoms with Crippen LogP contribution in [0.1, 0.15) is 5.82 Å². The Labute approximate surface area is 162 Å². The van der Waals surface area contributed by atoms with Gasteiger partial charge in [-0.3, -0.25) is 4.79 Å². The number of amides is 1. The largest absolute Gasteiger partial charge is 0.309 e. The lowest BCUT2D eigenvalue weighted by molar-refractivity contribution is -0.113. The molecule has 0 spiro atoms. The molecule has 10 heteroatoms. The summed E-state index contributed by atoms with van der Waals surface area (Å²) < 4.78 is 1.84. The maximum absolute atomic E-state index is 12.1. The fraction of sp³-hybridized carbons (Fsp3) is 0.200. The van der Waals surface area contributed by atoms with E-state index in [2.05, 4.69) is 20.5 Å². The van der Waals surface area contributed by atoms with Crippen LogP contribution in [0.4, 0.5) is 5.13 Å². The van der Waals surface area contributed by atoms with Crippen LogP contribution in [0.2, 0.25) is 10.0 Å². The molecule has 0 unspecified atom stereocenters. The first-order valence-corrected chi connectivity index (χ1v) is 9.76. The number of thioether (sulfide) groups is 1. The molecule has 1 aromatic carbocycles. The average Bonchev–Trinajstić information content (AvgIpc) is 3.14. The predicted molar refractivity (Wildman–Crippen MR) is 103 cm³/mol. The van der Waals surface area contributed by atoms with E-state index in [1.54, 1.807) is 18.2 Å². The highest BCUT2D eigenvalue weighted by Gasteiger charge is 2.13. The van der Waals surface area contributed by atoms with Crippen molar-refractivity contribution in [2.45, 2.75) is 12.1 Å². The van der Waals surface area contributed by atoms with Crippen LogP contribution in [0.5, 0.6) is 0 Å². The Balaban J connectivity index is 1.63. The molecule has 3 aromatic rings. The topological polar surface area (TPSA) is 72.7 Å². The van der Waals surface area contributed by atoms with E-state index in [0.717, 1.165) is 11.4 Å². The van der Waals surface area contributed by atoms with Gasteiger partial charge in [0.2, 0.25) is 5.91 Å². The second-order valence-electron chi connectivity index (χ2n) is 5.09. The number of benzene rings is 1. The molecular weight excluding hydrogens is 401 g/mol. The van der Waals surface area contributed by atoms with Crippen molar-refractivity contribution in [1.82, 2.24) is 19.7 Å². The molecule has 2 heterocycles. The van der Waals surface area contributed by atoms with Gasteiger partial charge in [-0.25, -0.2) is 4.98 Å². The van der Waals surface area contributed by atoms with Gasteiger partial charge in [-0.15, -0.1) is 21.5 Å². The van der Waals surface area contributed by atoms with Crippen molar-refractivity contribution in [3.8, 4) is 11.3 Å². The number of carbonyl (C=O) groups excluding carboxylic acids is 1. The number of hydrogen-bond donors (Lipinski definition) is 1. The lowest BCUT2D eigenvalue weighted by atomic mass is 10.2. The van der Waals surface area contributed by atoms with E-state index in [1.165, 1.54) is 23.1 Å². The first-order chi connectivity index (χ1) is 11.9. The number of aromatic nitrogens is 4. The third-order valence-electron chi connectivity index (χ3n) is 3.34. The fourth-order valence-corrected chi connectivity index (χ4v) is 3.94. The van der Waals surface area contributed by atoms with Crippen molar-refractivity contribution in [2.75, 3.05) is 11.1 Å². The van der Waals surface area contributed by atoms with Crippen LogP contribution in [0.15, 0.2) is 28.7 Å². The SMILES string of the molecule is Cc1nnc(SCC(=O)Nc2nc(-c3ccc(Cl)cc3Cl)cs2)n1C. The number of hydrogen-bond acceptors (Lipinski definition) is 6. The zero-order valence-electron chi connectivity index (χ0n) is 13.3. The summed E-state index contributed by atoms with van der Waals surface area (Å²) in [7, 11) is 1.86. The van der Waals surface area contributed by atoms with Gasteiger partial charge in [0, 0.05) is 23.0 Å². The second kappa shape index (κ2) is 7.74. The molecule has 1 amide bonds. The van der Waals surface area contributed by atoms with Gasteiger partial charge >= 0.3 is 0 Å². The number of carbonyl (C=O) groups is 1. The van der Waals surface area contributed by atoms with Crippen molar-refractivity contribution < 1.29 is 4.79 Å². The number of anilines is 1. The van der Waals surface area contributed by atoms with E-state index in [0.29, 0.717) is 26.0 Å². The molecular formula is C15H13Cl2N5OS2. The summed E-state index contributed by atoms with van der Waals surface area (Å²) in [6, 6.07) is 5.22. The summed E-state index contributed by atoms with van der Waals surface area (Å²) in [6.07, 6.45) is 0. The quantitative estimate of drug-likeness (QED) is 0.631. The van der Waals surface area contributed by atoms with E-state index in [9.17, 15) is 4.79 Å². The third-order valence-corrected chi connectivity index (χ3v) is 5.67. The zero-order chi connectivity index (χ0) is 18.0. The van der Waals surface area contributed by atoms with Crippen LogP contribution in [0.3, 0.4) is 0 Å². The molecule has 0 atom stereocenters. The van der Waals surface area contributed by atoms with Gasteiger partial charge in [-0.05, 0) is 25.1 Å². The first kappa shape index (κ1) is 18.2. The summed E-state index contributed by atoms with van der Waals surface area (Å²) >= 11 is 14.7. The van der Waals surface area contributed by atoms with E-state index in [1.807, 2.05) is 23.9 Å². The molecule has 0 aliphatic carbocycles. The number of aryl methyl sites for hydroxylation is 1. The van der Waals surface area contributed by atoms with Gasteiger partial charge in [0.15, 0.2) is 10.3 Å². The Hall–Kier alpha value is -1.61. The number of nitrogens with zero attached hydrogens (tertiary/aromatic N) is 4. The highest BCUT2D eigenvalue weighted by Crippen LogP contribution is 2.32. The molecule has 6 nitrogen and oxygen atoms in total. The summed E-state index contributed by atoms with van der Waals surface area (Å²) in [6.45, 7) is 1.86. The van der Waals surface area contributed by atoms with Crippen LogP contribution in [0, 0.1) is 6.92 Å². The lowest BCUT2D eigenvalue weighted by Crippen LogP contribution is -2.14. The Bertz CT molecular complexity index is 925. The number of rotatable bonds is 5. The van der Waals surface area contributed by atoms with Gasteiger partial charge in [0.1, 0.15) is 5.82 Å². The first-order valence-electron chi connectivity index (χ1n) is 7.13. The van der Waals surface area contributed by atoms with E-state index in [4.69, 9.17) is 23.2 Å². The molecule has 0 radical (unpaired) electrons. The summed E-state index contributed by atoms with van der Waals surface area (Å²) in [5, 5.41) is 14.9. The zero-order valence-corrected chi connectivity index (χ0v) is 16.4. The number of halogens is 2. The van der Waals surface area contributed by atoms with Gasteiger partial charge in [0.25, 0.3) is 0 Å². The minimum atomic E-state index is -0.159. The Morgan fingerprint density at radius 2 is 2.16 bits per heavy atom. The van der Waals surface area contributed by atoms with Crippen LogP contribution in [-0.4, -0.2) is 31.4 Å². The van der Waals surface area contributed by atoms with E-state index >= 15 is 0 Å². The molecule has 0 saturated carbocycles. The van der Waals surface area contributed by atoms with Crippen LogP contribution in [0.25, 0.3) is 11.3 Å². The van der Waals surface area contributed by atoms with Crippen molar-refractivity contribution in [1.29, 1.82) is 0 Å². The molecule has 25 heavy (non-hydrogen) atoms. The Morgan fingerprint density at radius 1 is 1.36 bits per heavy atom. The summed E-state index contributed by atoms with van der Waals surface area (Å²) in [4.78, 5) is 16.5. The highest BCUT2D eigenvalue weighted by molar-refractivity contribution is 7.99. The molecule has 0 aliphatic heterocycles. The van der Waals surface area contributed by atoms with Crippen molar-refractivity contribution in [3.63, 3.8) is 0 Å². The van der Waals surface area contributed by atoms with Crippen LogP contribution in [-0.2, 0) is 11.8 Å². The molecule has 2 aromatic heterocycles. The highest BCUT2D eigenvalue weighted by atomic mass is 35.5. The monoisotopic (exact) mass is 413 g/mol. The van der Waals surface area contributed by atoms with E-state index < -0.39 is 0 Å². The molecule has 0 aliphatic rings. The minimum absolute atomic E-state index is 0.159. The molecule has 0 bridgehead atoms. The Kier molecular flexibility index (Phi) is 5.63. The fourth-order valence-electron chi connectivity index (χ4n) is 1.95. The molecule has 130 valence electrons. The van der Waals surface area contributed by atoms with Gasteiger partial charge in [0.05, 0.1) is 16.5 Å². The normalized spacial score (nSPS) is 10.9. The maximum atomic E-state index is 12.1. The van der Waals surface area contributed by atoms with Crippen LogP contribution < -0.4 is 5.32 Å². The summed E-state index contributed by atoms with van der Waals surface area (Å²) in [5.41, 5.74) is 1.46. The van der Waals surface area contributed by atoms with Crippen molar-refractivity contribution in [3.05, 3.63) is 39.4 Å². The van der Waals surface area contributed by atoms with Gasteiger partial charge < -0.3 is 9.88 Å². The van der Waals surface area contributed by atoms with E-state index in [-0.39, 0.29) is 11.7 Å². The van der Waals surface area contributed by atoms with Gasteiger partial charge in [-0.2, -0.15) is 0 Å². The predicted octanol–water partition coefficient (Wildman–Crippen LogP) is 4.28. The smallest absolute Gasteiger partial charge is 0.236 e. The average molecular weight is 414 g/mol. The number of thiazole rings is 1. The lowest BCUT2D eigenvalue weighted by Gasteiger charge is -2.03. The minimum Gasteiger partial charge on any atom is -0.309 e. The standard InChI is InChI=1S/C15H13Cl2N5OS2/c1-8-20-21-15(22(8)2)25-7-13(23)19-14-18-12(6-24-14)10-4-3-9(16)5-11(10)17/h3-6H,7H2,1-2H3,(H,18,19,23). The molecule has 0 fully saturated rings. The molecule has 0 saturated heterocycles. The molecule has 3 rings (SSSR count). The summed E-state index contributed by atoms with van der Waals surface area (Å²) in [5.74, 6) is 0.865. The number of nitrogens with one attached hydrogen (secondary N) is 1. The van der Waals surface area contributed by atoms with Gasteiger partial charge in [-0.1, -0.05) is 35.0 Å². The van der Waals surface area contributed by atoms with Crippen molar-refractivity contribution >= 4 is 57.3 Å². The Morgan fingerprint density at radius 3 is 2.84 bits per heavy atom. The van der Waals surface area contributed by atoms with Crippen molar-refractivity contribution in [2.24, 2.45) is 7.05 Å². The van der Waals surface area contributed by atoms with Crippen LogP contribution >= 0.6 is 46.3 Å². The molecule has 1 N–H and O–H groups in total. The maximum Gasteiger partial charge on any atom is 0.236 e. The second-order valence-corrected chi connectivity index (χ2v) is 7.73.